The van der Waals surface area contributed by atoms with E-state index in [1.54, 1.807) is 0 Å². The fraction of sp³-hybridized carbons (Fsp3) is 0.800. The highest BCUT2D eigenvalue weighted by Gasteiger charge is 2.17. The van der Waals surface area contributed by atoms with Gasteiger partial charge in [-0.1, -0.05) is 32.6 Å². The Kier molecular flexibility index (Phi) is 6.50. The number of hydrogen-bond acceptors (Lipinski definition) is 6. The Morgan fingerprint density at radius 2 is 1.81 bits per heavy atom. The zero-order valence-electron chi connectivity index (χ0n) is 13.3. The number of nitrogens with zero attached hydrogens (tertiary/aromatic N) is 4. The van der Waals surface area contributed by atoms with Gasteiger partial charge < -0.3 is 15.0 Å². The first kappa shape index (κ1) is 15.8. The number of hydrogen-bond donors (Lipinski definition) is 1. The quantitative estimate of drug-likeness (QED) is 0.706. The van der Waals surface area contributed by atoms with Crippen LogP contribution < -0.4 is 15.0 Å². The summed E-state index contributed by atoms with van der Waals surface area (Å²) in [4.78, 5) is 15.3. The van der Waals surface area contributed by atoms with Gasteiger partial charge in [0.1, 0.15) is 0 Å². The van der Waals surface area contributed by atoms with Gasteiger partial charge in [-0.15, -0.1) is 0 Å². The van der Waals surface area contributed by atoms with Gasteiger partial charge in [0.05, 0.1) is 6.61 Å². The highest BCUT2D eigenvalue weighted by molar-refractivity contribution is 5.38. The fourth-order valence-electron chi connectivity index (χ4n) is 2.45. The Hall–Kier alpha value is -1.59. The van der Waals surface area contributed by atoms with E-state index in [1.165, 1.54) is 38.5 Å². The van der Waals surface area contributed by atoms with Gasteiger partial charge in [0.25, 0.3) is 0 Å². The van der Waals surface area contributed by atoms with Crippen molar-refractivity contribution in [3.63, 3.8) is 0 Å². The first-order valence-electron chi connectivity index (χ1n) is 8.15. The molecule has 6 heteroatoms. The molecule has 1 fully saturated rings. The van der Waals surface area contributed by atoms with E-state index in [1.807, 2.05) is 7.05 Å². The first-order chi connectivity index (χ1) is 10.3. The van der Waals surface area contributed by atoms with E-state index in [-0.39, 0.29) is 0 Å². The zero-order chi connectivity index (χ0) is 14.9. The SMILES string of the molecule is CCCCCCCOc1nc(NC)nc(N2CCCC2)n1. The van der Waals surface area contributed by atoms with E-state index >= 15 is 0 Å². The van der Waals surface area contributed by atoms with Gasteiger partial charge in [-0.3, -0.25) is 0 Å². The number of unbranched alkanes of at least 4 members (excludes halogenated alkanes) is 4. The molecule has 1 aliphatic heterocycles. The Balaban J connectivity index is 1.87. The first-order valence-corrected chi connectivity index (χ1v) is 8.15. The van der Waals surface area contributed by atoms with Crippen LogP contribution in [0.1, 0.15) is 51.9 Å². The summed E-state index contributed by atoms with van der Waals surface area (Å²) < 4.78 is 5.70. The van der Waals surface area contributed by atoms with Gasteiger partial charge in [-0.2, -0.15) is 15.0 Å². The summed E-state index contributed by atoms with van der Waals surface area (Å²) in [7, 11) is 1.82. The van der Waals surface area contributed by atoms with Gasteiger partial charge >= 0.3 is 6.01 Å². The molecule has 1 aromatic heterocycles. The molecule has 118 valence electrons. The van der Waals surface area contributed by atoms with E-state index in [0.717, 1.165) is 25.5 Å². The molecule has 1 N–H and O–H groups in total. The smallest absolute Gasteiger partial charge is 0.323 e. The maximum absolute atomic E-state index is 5.70. The molecule has 1 aliphatic rings. The van der Waals surface area contributed by atoms with Gasteiger partial charge in [0.15, 0.2) is 0 Å². The zero-order valence-corrected chi connectivity index (χ0v) is 13.3. The Morgan fingerprint density at radius 3 is 2.52 bits per heavy atom. The molecule has 2 heterocycles. The lowest BCUT2D eigenvalue weighted by atomic mass is 10.2. The Labute approximate surface area is 127 Å². The predicted octanol–water partition coefficient (Wildman–Crippen LogP) is 2.86. The van der Waals surface area contributed by atoms with Crippen LogP contribution in [0.15, 0.2) is 0 Å². The van der Waals surface area contributed by atoms with E-state index < -0.39 is 0 Å². The number of rotatable bonds is 9. The van der Waals surface area contributed by atoms with E-state index in [0.29, 0.717) is 18.6 Å². The summed E-state index contributed by atoms with van der Waals surface area (Å²) in [5.74, 6) is 1.31. The van der Waals surface area contributed by atoms with Crippen molar-refractivity contribution in [1.29, 1.82) is 0 Å². The third kappa shape index (κ3) is 5.02. The minimum atomic E-state index is 0.437. The summed E-state index contributed by atoms with van der Waals surface area (Å²) in [6.07, 6.45) is 8.50. The Bertz CT molecular complexity index is 421. The monoisotopic (exact) mass is 293 g/mol. The Morgan fingerprint density at radius 1 is 1.05 bits per heavy atom. The molecule has 0 aromatic carbocycles. The van der Waals surface area contributed by atoms with Crippen molar-refractivity contribution in [3.05, 3.63) is 0 Å². The summed E-state index contributed by atoms with van der Waals surface area (Å²) in [6.45, 7) is 4.93. The van der Waals surface area contributed by atoms with Crippen molar-refractivity contribution < 1.29 is 4.74 Å². The second-order valence-corrected chi connectivity index (χ2v) is 5.45. The topological polar surface area (TPSA) is 63.2 Å². The van der Waals surface area contributed by atoms with Gasteiger partial charge in [-0.05, 0) is 19.3 Å². The number of nitrogens with one attached hydrogen (secondary N) is 1. The third-order valence-corrected chi connectivity index (χ3v) is 3.69. The van der Waals surface area contributed by atoms with Crippen LogP contribution in [0.3, 0.4) is 0 Å². The van der Waals surface area contributed by atoms with E-state index in [4.69, 9.17) is 4.74 Å². The van der Waals surface area contributed by atoms with Gasteiger partial charge in [0.2, 0.25) is 11.9 Å². The second-order valence-electron chi connectivity index (χ2n) is 5.45. The van der Waals surface area contributed by atoms with Crippen LogP contribution in [0.2, 0.25) is 0 Å². The molecule has 0 bridgehead atoms. The normalized spacial score (nSPS) is 14.5. The molecular formula is C15H27N5O. The number of aromatic nitrogens is 3. The fourth-order valence-corrected chi connectivity index (χ4v) is 2.45. The molecule has 0 atom stereocenters. The summed E-state index contributed by atoms with van der Waals surface area (Å²) >= 11 is 0. The lowest BCUT2D eigenvalue weighted by molar-refractivity contribution is 0.281. The van der Waals surface area contributed by atoms with Crippen molar-refractivity contribution in [2.45, 2.75) is 51.9 Å². The molecule has 0 unspecified atom stereocenters. The molecule has 21 heavy (non-hydrogen) atoms. The summed E-state index contributed by atoms with van der Waals surface area (Å²) in [5, 5.41) is 2.98. The standard InChI is InChI=1S/C15H27N5O/c1-3-4-5-6-9-12-21-15-18-13(16-2)17-14(19-15)20-10-7-8-11-20/h3-12H2,1-2H3,(H,16,17,18,19). The highest BCUT2D eigenvalue weighted by atomic mass is 16.5. The molecule has 0 amide bonds. The molecule has 0 saturated carbocycles. The molecule has 1 aromatic rings. The van der Waals surface area contributed by atoms with Crippen LogP contribution in [0, 0.1) is 0 Å². The van der Waals surface area contributed by atoms with Crippen molar-refractivity contribution >= 4 is 11.9 Å². The summed E-state index contributed by atoms with van der Waals surface area (Å²) in [5.41, 5.74) is 0. The lowest BCUT2D eigenvalue weighted by Gasteiger charge is -2.16. The van der Waals surface area contributed by atoms with Crippen LogP contribution in [-0.4, -0.2) is 41.7 Å². The van der Waals surface area contributed by atoms with Crippen LogP contribution >= 0.6 is 0 Å². The van der Waals surface area contributed by atoms with E-state index in [2.05, 4.69) is 32.1 Å². The summed E-state index contributed by atoms with van der Waals surface area (Å²) in [6, 6.07) is 0.437. The minimum Gasteiger partial charge on any atom is -0.463 e. The van der Waals surface area contributed by atoms with Crippen molar-refractivity contribution in [3.8, 4) is 6.01 Å². The molecular weight excluding hydrogens is 266 g/mol. The average Bonchev–Trinajstić information content (AvgIpc) is 3.05. The number of anilines is 2. The lowest BCUT2D eigenvalue weighted by Crippen LogP contribution is -2.21. The number of ether oxygens (including phenoxy) is 1. The van der Waals surface area contributed by atoms with Crippen LogP contribution in [0.25, 0.3) is 0 Å². The average molecular weight is 293 g/mol. The second kappa shape index (κ2) is 8.64. The predicted molar refractivity (Wildman–Crippen MR) is 85.1 cm³/mol. The van der Waals surface area contributed by atoms with Crippen molar-refractivity contribution in [2.24, 2.45) is 0 Å². The molecule has 0 aliphatic carbocycles. The van der Waals surface area contributed by atoms with Crippen LogP contribution in [0.4, 0.5) is 11.9 Å². The van der Waals surface area contributed by atoms with E-state index in [9.17, 15) is 0 Å². The van der Waals surface area contributed by atoms with Gasteiger partial charge in [-0.25, -0.2) is 0 Å². The highest BCUT2D eigenvalue weighted by Crippen LogP contribution is 2.19. The van der Waals surface area contributed by atoms with Crippen molar-refractivity contribution in [2.75, 3.05) is 37.0 Å². The maximum atomic E-state index is 5.70. The van der Waals surface area contributed by atoms with Crippen LogP contribution in [0.5, 0.6) is 6.01 Å². The molecule has 2 rings (SSSR count). The van der Waals surface area contributed by atoms with Crippen LogP contribution in [-0.2, 0) is 0 Å². The van der Waals surface area contributed by atoms with Gasteiger partial charge in [0, 0.05) is 20.1 Å². The molecule has 6 nitrogen and oxygen atoms in total. The largest absolute Gasteiger partial charge is 0.463 e. The third-order valence-electron chi connectivity index (χ3n) is 3.69. The molecule has 1 saturated heterocycles. The molecule has 0 radical (unpaired) electrons. The maximum Gasteiger partial charge on any atom is 0.323 e. The molecule has 0 spiro atoms. The van der Waals surface area contributed by atoms with Crippen molar-refractivity contribution in [1.82, 2.24) is 15.0 Å². The minimum absolute atomic E-state index is 0.437.